The lowest BCUT2D eigenvalue weighted by Gasteiger charge is -1.99. The smallest absolute Gasteiger partial charge is 0.315 e. The fourth-order valence-electron chi connectivity index (χ4n) is 1.56. The third-order valence-corrected chi connectivity index (χ3v) is 3.42. The van der Waals surface area contributed by atoms with E-state index >= 15 is 0 Å². The number of nitrogens with zero attached hydrogens (tertiary/aromatic N) is 2. The van der Waals surface area contributed by atoms with E-state index < -0.39 is 0 Å². The Hall–Kier alpha value is -1.82. The highest BCUT2D eigenvalue weighted by Gasteiger charge is 2.09. The van der Waals surface area contributed by atoms with Crippen molar-refractivity contribution in [2.45, 2.75) is 19.6 Å². The van der Waals surface area contributed by atoms with Gasteiger partial charge in [0.15, 0.2) is 0 Å². The van der Waals surface area contributed by atoms with E-state index in [1.54, 1.807) is 6.92 Å². The number of carbonyl (C=O) groups excluding carboxylic acids is 1. The number of benzene rings is 1. The summed E-state index contributed by atoms with van der Waals surface area (Å²) in [4.78, 5) is 15.5. The number of hydrogen-bond acceptors (Lipinski definition) is 6. The van der Waals surface area contributed by atoms with E-state index in [1.165, 1.54) is 17.3 Å². The summed E-state index contributed by atoms with van der Waals surface area (Å²) < 4.78 is 10.00. The minimum atomic E-state index is -0.226. The molecule has 6 heteroatoms. The van der Waals surface area contributed by atoms with Gasteiger partial charge in [0.1, 0.15) is 0 Å². The van der Waals surface area contributed by atoms with Gasteiger partial charge in [-0.3, -0.25) is 4.79 Å². The average molecular weight is 292 g/mol. The van der Waals surface area contributed by atoms with Gasteiger partial charge in [-0.05, 0) is 13.8 Å². The van der Waals surface area contributed by atoms with Gasteiger partial charge >= 0.3 is 5.97 Å². The molecule has 106 valence electrons. The zero-order valence-corrected chi connectivity index (χ0v) is 12.3. The Balaban J connectivity index is 1.89. The lowest BCUT2D eigenvalue weighted by atomic mass is 10.1. The molecule has 0 spiro atoms. The van der Waals surface area contributed by atoms with Crippen molar-refractivity contribution >= 4 is 17.7 Å². The summed E-state index contributed by atoms with van der Waals surface area (Å²) in [6.45, 7) is 4.21. The van der Waals surface area contributed by atoms with E-state index in [9.17, 15) is 4.79 Å². The summed E-state index contributed by atoms with van der Waals surface area (Å²) in [5.41, 5.74) is 2.10. The van der Waals surface area contributed by atoms with Crippen LogP contribution in [0.2, 0.25) is 0 Å². The van der Waals surface area contributed by atoms with Gasteiger partial charge in [-0.25, -0.2) is 0 Å². The van der Waals surface area contributed by atoms with Crippen LogP contribution in [0, 0.1) is 6.92 Å². The second-order valence-electron chi connectivity index (χ2n) is 4.18. The molecule has 1 heterocycles. The molecule has 0 N–H and O–H groups in total. The zero-order chi connectivity index (χ0) is 14.4. The Morgan fingerprint density at radius 1 is 1.35 bits per heavy atom. The Bertz CT molecular complexity index is 566. The molecule has 20 heavy (non-hydrogen) atoms. The number of thioether (sulfide) groups is 1. The molecule has 0 aliphatic carbocycles. The highest BCUT2D eigenvalue weighted by atomic mass is 32.2. The summed E-state index contributed by atoms with van der Waals surface area (Å²) in [7, 11) is 0. The number of carbonyl (C=O) groups is 1. The van der Waals surface area contributed by atoms with Crippen molar-refractivity contribution in [3.63, 3.8) is 0 Å². The topological polar surface area (TPSA) is 65.2 Å². The first-order chi connectivity index (χ1) is 9.69. The first kappa shape index (κ1) is 14.6. The number of esters is 1. The number of ether oxygens (including phenoxy) is 1. The molecule has 5 nitrogen and oxygen atoms in total. The van der Waals surface area contributed by atoms with Crippen LogP contribution in [0.5, 0.6) is 0 Å². The Kier molecular flexibility index (Phi) is 5.17. The van der Waals surface area contributed by atoms with Crippen LogP contribution in [-0.2, 0) is 15.3 Å². The maximum atomic E-state index is 11.2. The molecule has 0 unspecified atom stereocenters. The Morgan fingerprint density at radius 2 is 2.10 bits per heavy atom. The highest BCUT2D eigenvalue weighted by Crippen LogP contribution is 2.18. The fraction of sp³-hybridized carbons (Fsp3) is 0.357. The van der Waals surface area contributed by atoms with Gasteiger partial charge in [0.2, 0.25) is 11.7 Å². The number of hydrogen-bond donors (Lipinski definition) is 0. The molecular weight excluding hydrogens is 276 g/mol. The van der Waals surface area contributed by atoms with Gasteiger partial charge in [-0.1, -0.05) is 35.0 Å². The van der Waals surface area contributed by atoms with E-state index in [4.69, 9.17) is 9.26 Å². The Morgan fingerprint density at radius 3 is 2.80 bits per heavy atom. The fourth-order valence-corrected chi connectivity index (χ4v) is 2.20. The van der Waals surface area contributed by atoms with Crippen molar-refractivity contribution in [1.29, 1.82) is 0 Å². The predicted octanol–water partition coefficient (Wildman–Crippen LogP) is 2.84. The second kappa shape index (κ2) is 7.09. The van der Waals surface area contributed by atoms with Gasteiger partial charge in [-0.2, -0.15) is 4.98 Å². The Labute approximate surface area is 121 Å². The second-order valence-corrected chi connectivity index (χ2v) is 5.16. The van der Waals surface area contributed by atoms with E-state index in [1.807, 2.05) is 31.2 Å². The molecule has 1 aromatic carbocycles. The lowest BCUT2D eigenvalue weighted by molar-refractivity contribution is -0.139. The summed E-state index contributed by atoms with van der Waals surface area (Å²) >= 11 is 1.39. The first-order valence-corrected chi connectivity index (χ1v) is 7.47. The van der Waals surface area contributed by atoms with E-state index in [-0.39, 0.29) is 11.7 Å². The van der Waals surface area contributed by atoms with Gasteiger partial charge in [0.25, 0.3) is 0 Å². The minimum absolute atomic E-state index is 0.226. The molecule has 0 amide bonds. The van der Waals surface area contributed by atoms with E-state index in [0.717, 1.165) is 5.56 Å². The van der Waals surface area contributed by atoms with Crippen LogP contribution >= 0.6 is 11.8 Å². The van der Waals surface area contributed by atoms with Crippen LogP contribution < -0.4 is 0 Å². The molecule has 0 radical (unpaired) electrons. The quantitative estimate of drug-likeness (QED) is 0.763. The van der Waals surface area contributed by atoms with Gasteiger partial charge < -0.3 is 9.26 Å². The number of aromatic nitrogens is 2. The van der Waals surface area contributed by atoms with Crippen molar-refractivity contribution in [2.75, 3.05) is 12.4 Å². The molecule has 1 aromatic heterocycles. The van der Waals surface area contributed by atoms with Crippen molar-refractivity contribution in [2.24, 2.45) is 0 Å². The third-order valence-electron chi connectivity index (χ3n) is 2.53. The molecule has 2 aromatic rings. The maximum absolute atomic E-state index is 11.2. The van der Waals surface area contributed by atoms with Gasteiger partial charge in [0.05, 0.1) is 18.1 Å². The molecule has 2 rings (SSSR count). The van der Waals surface area contributed by atoms with E-state index in [0.29, 0.717) is 24.1 Å². The van der Waals surface area contributed by atoms with Crippen molar-refractivity contribution < 1.29 is 14.1 Å². The molecule has 0 aliphatic heterocycles. The van der Waals surface area contributed by atoms with Gasteiger partial charge in [-0.15, -0.1) is 11.8 Å². The number of aryl methyl sites for hydroxylation is 1. The standard InChI is InChI=1S/C14H16N2O3S/c1-3-18-13(17)9-20-8-12-15-14(16-19-12)11-6-4-10(2)5-7-11/h4-7H,3,8-9H2,1-2H3. The van der Waals surface area contributed by atoms with Crippen LogP contribution in [0.15, 0.2) is 28.8 Å². The number of rotatable bonds is 6. The van der Waals surface area contributed by atoms with Crippen molar-refractivity contribution in [3.05, 3.63) is 35.7 Å². The molecule has 0 atom stereocenters. The molecule has 0 saturated carbocycles. The normalized spacial score (nSPS) is 10.5. The maximum Gasteiger partial charge on any atom is 0.315 e. The van der Waals surface area contributed by atoms with Crippen LogP contribution in [0.1, 0.15) is 18.4 Å². The molecule has 0 aliphatic rings. The summed E-state index contributed by atoms with van der Waals surface area (Å²) in [5, 5.41) is 3.93. The van der Waals surface area contributed by atoms with E-state index in [2.05, 4.69) is 10.1 Å². The first-order valence-electron chi connectivity index (χ1n) is 6.32. The van der Waals surface area contributed by atoms with Gasteiger partial charge in [0, 0.05) is 5.56 Å². The highest BCUT2D eigenvalue weighted by molar-refractivity contribution is 7.99. The van der Waals surface area contributed by atoms with Crippen molar-refractivity contribution in [1.82, 2.24) is 10.1 Å². The van der Waals surface area contributed by atoms with Crippen LogP contribution in [0.3, 0.4) is 0 Å². The largest absolute Gasteiger partial charge is 0.465 e. The average Bonchev–Trinajstić information content (AvgIpc) is 2.89. The van der Waals surface area contributed by atoms with Crippen LogP contribution in [0.4, 0.5) is 0 Å². The summed E-state index contributed by atoms with van der Waals surface area (Å²) in [5.74, 6) is 1.63. The predicted molar refractivity (Wildman–Crippen MR) is 77.3 cm³/mol. The molecular formula is C14H16N2O3S. The van der Waals surface area contributed by atoms with Crippen LogP contribution in [0.25, 0.3) is 11.4 Å². The molecule has 0 fully saturated rings. The van der Waals surface area contributed by atoms with Crippen LogP contribution in [-0.4, -0.2) is 28.5 Å². The monoisotopic (exact) mass is 292 g/mol. The minimum Gasteiger partial charge on any atom is -0.465 e. The molecule has 0 bridgehead atoms. The summed E-state index contributed by atoms with van der Waals surface area (Å²) in [6.07, 6.45) is 0. The van der Waals surface area contributed by atoms with Crippen molar-refractivity contribution in [3.8, 4) is 11.4 Å². The zero-order valence-electron chi connectivity index (χ0n) is 11.5. The third kappa shape index (κ3) is 4.09. The molecule has 0 saturated heterocycles. The lowest BCUT2D eigenvalue weighted by Crippen LogP contribution is -2.06. The SMILES string of the molecule is CCOC(=O)CSCc1nc(-c2ccc(C)cc2)no1. The summed E-state index contributed by atoms with van der Waals surface area (Å²) in [6, 6.07) is 7.91.